The maximum Gasteiger partial charge on any atom is 0.316 e. The molecule has 88 valence electrons. The van der Waals surface area contributed by atoms with E-state index in [4.69, 9.17) is 4.74 Å². The molecular weight excluding hydrogens is 226 g/mol. The number of Topliss-reactive ketones (excluding diaryl/α,β-unsaturated/α-hetero) is 1. The Balaban J connectivity index is 2.86. The van der Waals surface area contributed by atoms with Gasteiger partial charge in [-0.25, -0.2) is 4.98 Å². The van der Waals surface area contributed by atoms with E-state index in [0.29, 0.717) is 10.6 Å². The van der Waals surface area contributed by atoms with Crippen LogP contribution in [0.5, 0.6) is 0 Å². The predicted molar refractivity (Wildman–Crippen MR) is 61.7 cm³/mol. The first-order valence-electron chi connectivity index (χ1n) is 5.12. The molecular formula is C11H15NO3S. The lowest BCUT2D eigenvalue weighted by Gasteiger charge is -2.08. The van der Waals surface area contributed by atoms with Gasteiger partial charge in [-0.2, -0.15) is 0 Å². The second kappa shape index (κ2) is 5.21. The molecule has 0 spiro atoms. The summed E-state index contributed by atoms with van der Waals surface area (Å²) in [5.74, 6) is -1.43. The first-order valence-corrected chi connectivity index (χ1v) is 5.93. The van der Waals surface area contributed by atoms with Crippen molar-refractivity contribution >= 4 is 23.1 Å². The second-order valence-electron chi connectivity index (χ2n) is 3.49. The molecule has 1 aromatic rings. The van der Waals surface area contributed by atoms with E-state index in [1.807, 2.05) is 6.92 Å². The molecule has 0 aromatic carbocycles. The minimum absolute atomic E-state index is 0.207. The van der Waals surface area contributed by atoms with Crippen LogP contribution in [0.2, 0.25) is 0 Å². The number of aromatic nitrogens is 1. The van der Waals surface area contributed by atoms with Gasteiger partial charge < -0.3 is 4.74 Å². The highest BCUT2D eigenvalue weighted by Crippen LogP contribution is 2.21. The van der Waals surface area contributed by atoms with Crippen LogP contribution < -0.4 is 0 Å². The molecule has 0 radical (unpaired) electrons. The normalized spacial score (nSPS) is 12.2. The van der Waals surface area contributed by atoms with Crippen LogP contribution in [0.3, 0.4) is 0 Å². The standard InChI is InChI=1S/C11H15NO3S/c1-5-15-11(14)6(2)9(13)10-7(3)12-8(4)16-10/h6H,5H2,1-4H3. The zero-order valence-corrected chi connectivity index (χ0v) is 10.7. The van der Waals surface area contributed by atoms with E-state index >= 15 is 0 Å². The number of esters is 1. The third-order valence-electron chi connectivity index (χ3n) is 2.16. The summed E-state index contributed by atoms with van der Waals surface area (Å²) >= 11 is 1.32. The average molecular weight is 241 g/mol. The van der Waals surface area contributed by atoms with Crippen molar-refractivity contribution in [3.63, 3.8) is 0 Å². The Morgan fingerprint density at radius 1 is 1.44 bits per heavy atom. The molecule has 1 heterocycles. The summed E-state index contributed by atoms with van der Waals surface area (Å²) < 4.78 is 4.82. The molecule has 1 atom stereocenters. The van der Waals surface area contributed by atoms with Crippen molar-refractivity contribution < 1.29 is 14.3 Å². The number of hydrogen-bond donors (Lipinski definition) is 0. The lowest BCUT2D eigenvalue weighted by Crippen LogP contribution is -2.23. The predicted octanol–water partition coefficient (Wildman–Crippen LogP) is 2.14. The largest absolute Gasteiger partial charge is 0.465 e. The summed E-state index contributed by atoms with van der Waals surface area (Å²) in [6.07, 6.45) is 0. The van der Waals surface area contributed by atoms with E-state index in [9.17, 15) is 9.59 Å². The molecule has 0 bridgehead atoms. The molecule has 0 saturated heterocycles. The zero-order valence-electron chi connectivity index (χ0n) is 9.86. The second-order valence-corrected chi connectivity index (χ2v) is 4.69. The Labute approximate surface area is 98.6 Å². The first kappa shape index (κ1) is 12.8. The first-order chi connectivity index (χ1) is 7.47. The molecule has 0 fully saturated rings. The molecule has 0 saturated carbocycles. The number of thiazole rings is 1. The molecule has 0 aliphatic rings. The van der Waals surface area contributed by atoms with Crippen molar-refractivity contribution in [2.75, 3.05) is 6.61 Å². The minimum atomic E-state index is -0.751. The summed E-state index contributed by atoms with van der Waals surface area (Å²) in [6.45, 7) is 7.18. The molecule has 5 heteroatoms. The van der Waals surface area contributed by atoms with Crippen LogP contribution in [0.15, 0.2) is 0 Å². The molecule has 16 heavy (non-hydrogen) atoms. The highest BCUT2D eigenvalue weighted by atomic mass is 32.1. The average Bonchev–Trinajstić information content (AvgIpc) is 2.56. The topological polar surface area (TPSA) is 56.3 Å². The van der Waals surface area contributed by atoms with Gasteiger partial charge in [0.2, 0.25) is 0 Å². The van der Waals surface area contributed by atoms with Crippen LogP contribution in [0.1, 0.15) is 34.2 Å². The fourth-order valence-electron chi connectivity index (χ4n) is 1.33. The van der Waals surface area contributed by atoms with E-state index < -0.39 is 11.9 Å². The van der Waals surface area contributed by atoms with Crippen LogP contribution in [0.4, 0.5) is 0 Å². The van der Waals surface area contributed by atoms with Crippen molar-refractivity contribution in [2.24, 2.45) is 5.92 Å². The monoisotopic (exact) mass is 241 g/mol. The Morgan fingerprint density at radius 2 is 2.06 bits per heavy atom. The van der Waals surface area contributed by atoms with Gasteiger partial charge in [0.1, 0.15) is 5.92 Å². The molecule has 0 aliphatic heterocycles. The summed E-state index contributed by atoms with van der Waals surface area (Å²) in [5, 5.41) is 0.830. The van der Waals surface area contributed by atoms with Gasteiger partial charge in [-0.15, -0.1) is 11.3 Å². The molecule has 0 amide bonds. The fraction of sp³-hybridized carbons (Fsp3) is 0.545. The van der Waals surface area contributed by atoms with E-state index in [-0.39, 0.29) is 12.4 Å². The highest BCUT2D eigenvalue weighted by Gasteiger charge is 2.26. The van der Waals surface area contributed by atoms with Gasteiger partial charge in [0.05, 0.1) is 22.2 Å². The van der Waals surface area contributed by atoms with E-state index in [0.717, 1.165) is 5.01 Å². The number of nitrogens with zero attached hydrogens (tertiary/aromatic N) is 1. The van der Waals surface area contributed by atoms with Crippen molar-refractivity contribution in [3.8, 4) is 0 Å². The molecule has 1 rings (SSSR count). The van der Waals surface area contributed by atoms with Crippen molar-refractivity contribution in [3.05, 3.63) is 15.6 Å². The minimum Gasteiger partial charge on any atom is -0.465 e. The van der Waals surface area contributed by atoms with Gasteiger partial charge in [-0.1, -0.05) is 0 Å². The number of carbonyl (C=O) groups excluding carboxylic acids is 2. The summed E-state index contributed by atoms with van der Waals surface area (Å²) in [7, 11) is 0. The SMILES string of the molecule is CCOC(=O)C(C)C(=O)c1sc(C)nc1C. The fourth-order valence-corrected chi connectivity index (χ4v) is 2.28. The molecule has 4 nitrogen and oxygen atoms in total. The van der Waals surface area contributed by atoms with Gasteiger partial charge in [0, 0.05) is 0 Å². The Kier molecular flexibility index (Phi) is 4.18. The molecule has 0 aliphatic carbocycles. The van der Waals surface area contributed by atoms with E-state index in [1.54, 1.807) is 20.8 Å². The van der Waals surface area contributed by atoms with Gasteiger partial charge in [-0.3, -0.25) is 9.59 Å². The van der Waals surface area contributed by atoms with Crippen LogP contribution >= 0.6 is 11.3 Å². The Hall–Kier alpha value is -1.23. The maximum absolute atomic E-state index is 12.0. The number of hydrogen-bond acceptors (Lipinski definition) is 5. The van der Waals surface area contributed by atoms with Crippen molar-refractivity contribution in [1.82, 2.24) is 4.98 Å². The van der Waals surface area contributed by atoms with Gasteiger partial charge in [0.25, 0.3) is 0 Å². The van der Waals surface area contributed by atoms with Gasteiger partial charge >= 0.3 is 5.97 Å². The summed E-state index contributed by atoms with van der Waals surface area (Å²) in [6, 6.07) is 0. The van der Waals surface area contributed by atoms with Crippen LogP contribution in [-0.2, 0) is 9.53 Å². The van der Waals surface area contributed by atoms with E-state index in [2.05, 4.69) is 4.98 Å². The third-order valence-corrected chi connectivity index (χ3v) is 3.25. The van der Waals surface area contributed by atoms with Crippen LogP contribution in [0.25, 0.3) is 0 Å². The number of rotatable bonds is 4. The molecule has 1 unspecified atom stereocenters. The number of carbonyl (C=O) groups is 2. The van der Waals surface area contributed by atoms with Crippen LogP contribution in [-0.4, -0.2) is 23.3 Å². The van der Waals surface area contributed by atoms with Crippen molar-refractivity contribution in [2.45, 2.75) is 27.7 Å². The summed E-state index contributed by atoms with van der Waals surface area (Å²) in [5.41, 5.74) is 0.684. The molecule has 1 aromatic heterocycles. The van der Waals surface area contributed by atoms with Gasteiger partial charge in [0.15, 0.2) is 5.78 Å². The lowest BCUT2D eigenvalue weighted by atomic mass is 10.1. The summed E-state index contributed by atoms with van der Waals surface area (Å²) in [4.78, 5) is 28.1. The smallest absolute Gasteiger partial charge is 0.316 e. The maximum atomic E-state index is 12.0. The van der Waals surface area contributed by atoms with Gasteiger partial charge in [-0.05, 0) is 27.7 Å². The third kappa shape index (κ3) is 2.66. The Morgan fingerprint density at radius 3 is 2.50 bits per heavy atom. The number of aryl methyl sites for hydroxylation is 2. The van der Waals surface area contributed by atoms with E-state index in [1.165, 1.54) is 11.3 Å². The number of ether oxygens (including phenoxy) is 1. The zero-order chi connectivity index (χ0) is 12.3. The number of ketones is 1. The molecule has 0 N–H and O–H groups in total. The lowest BCUT2D eigenvalue weighted by molar-refractivity contribution is -0.145. The van der Waals surface area contributed by atoms with Crippen LogP contribution in [0, 0.1) is 19.8 Å². The van der Waals surface area contributed by atoms with Crippen molar-refractivity contribution in [1.29, 1.82) is 0 Å². The quantitative estimate of drug-likeness (QED) is 0.460. The Bertz CT molecular complexity index is 411. The highest BCUT2D eigenvalue weighted by molar-refractivity contribution is 7.13.